The number of thioether (sulfide) groups is 1. The lowest BCUT2D eigenvalue weighted by molar-refractivity contribution is 0.102. The van der Waals surface area contributed by atoms with Crippen molar-refractivity contribution in [3.05, 3.63) is 52.5 Å². The van der Waals surface area contributed by atoms with Crippen LogP contribution in [0.1, 0.15) is 15.9 Å². The van der Waals surface area contributed by atoms with Gasteiger partial charge in [0.25, 0.3) is 5.91 Å². The van der Waals surface area contributed by atoms with Crippen molar-refractivity contribution in [2.75, 3.05) is 11.6 Å². The molecule has 0 aliphatic rings. The Balaban J connectivity index is 1.93. The number of aryl methyl sites for hydroxylation is 1. The molecule has 0 aliphatic carbocycles. The maximum Gasteiger partial charge on any atom is 0.258 e. The van der Waals surface area contributed by atoms with Crippen LogP contribution in [0.4, 0.5) is 5.13 Å². The zero-order valence-corrected chi connectivity index (χ0v) is 14.4. The van der Waals surface area contributed by atoms with Gasteiger partial charge in [0.2, 0.25) is 0 Å². The highest BCUT2D eigenvalue weighted by molar-refractivity contribution is 7.98. The van der Waals surface area contributed by atoms with Crippen LogP contribution in [-0.4, -0.2) is 17.1 Å². The molecule has 0 spiro atoms. The minimum Gasteiger partial charge on any atom is -0.298 e. The second-order valence-corrected chi connectivity index (χ2v) is 7.06. The van der Waals surface area contributed by atoms with E-state index in [1.54, 1.807) is 11.8 Å². The van der Waals surface area contributed by atoms with Gasteiger partial charge in [0.15, 0.2) is 5.13 Å². The summed E-state index contributed by atoms with van der Waals surface area (Å²) in [4.78, 5) is 17.9. The van der Waals surface area contributed by atoms with E-state index in [-0.39, 0.29) is 5.91 Å². The number of thiazole rings is 1. The molecule has 0 aliphatic heterocycles. The molecule has 1 aromatic heterocycles. The van der Waals surface area contributed by atoms with Crippen LogP contribution < -0.4 is 5.32 Å². The van der Waals surface area contributed by atoms with Crippen LogP contribution in [-0.2, 0) is 0 Å². The quantitative estimate of drug-likeness (QED) is 0.659. The molecule has 0 unspecified atom stereocenters. The minimum atomic E-state index is -0.146. The average molecular weight is 349 g/mol. The van der Waals surface area contributed by atoms with E-state index in [2.05, 4.69) is 10.3 Å². The molecule has 1 N–H and O–H groups in total. The van der Waals surface area contributed by atoms with Gasteiger partial charge in [-0.3, -0.25) is 10.1 Å². The molecule has 3 aromatic rings. The molecule has 0 radical (unpaired) electrons. The standard InChI is InChI=1S/C16H13ClN2OS2/c1-9-7-10(17)8-13-14(9)18-16(22-13)19-15(20)11-5-3-4-6-12(11)21-2/h3-8H,1-2H3,(H,18,19,20). The summed E-state index contributed by atoms with van der Waals surface area (Å²) in [5.41, 5.74) is 2.54. The van der Waals surface area contributed by atoms with Gasteiger partial charge >= 0.3 is 0 Å². The van der Waals surface area contributed by atoms with E-state index < -0.39 is 0 Å². The van der Waals surface area contributed by atoms with Crippen molar-refractivity contribution in [3.63, 3.8) is 0 Å². The number of hydrogen-bond donors (Lipinski definition) is 1. The van der Waals surface area contributed by atoms with Crippen LogP contribution in [0.15, 0.2) is 41.3 Å². The number of aromatic nitrogens is 1. The number of nitrogens with one attached hydrogen (secondary N) is 1. The van der Waals surface area contributed by atoms with Crippen molar-refractivity contribution in [3.8, 4) is 0 Å². The molecule has 0 saturated heterocycles. The van der Waals surface area contributed by atoms with Gasteiger partial charge in [0.1, 0.15) is 0 Å². The number of hydrogen-bond acceptors (Lipinski definition) is 4. The van der Waals surface area contributed by atoms with E-state index in [1.165, 1.54) is 11.3 Å². The number of anilines is 1. The molecule has 0 bridgehead atoms. The molecule has 22 heavy (non-hydrogen) atoms. The molecular formula is C16H13ClN2OS2. The molecule has 1 heterocycles. The van der Waals surface area contributed by atoms with Crippen molar-refractivity contribution in [2.24, 2.45) is 0 Å². The fraction of sp³-hybridized carbons (Fsp3) is 0.125. The Kier molecular flexibility index (Phi) is 4.38. The van der Waals surface area contributed by atoms with Gasteiger partial charge in [-0.15, -0.1) is 11.8 Å². The predicted octanol–water partition coefficient (Wildman–Crippen LogP) is 5.23. The predicted molar refractivity (Wildman–Crippen MR) is 95.5 cm³/mol. The molecule has 3 nitrogen and oxygen atoms in total. The first-order chi connectivity index (χ1) is 10.6. The summed E-state index contributed by atoms with van der Waals surface area (Å²) >= 11 is 9.04. The first-order valence-electron chi connectivity index (χ1n) is 6.59. The van der Waals surface area contributed by atoms with E-state index in [0.717, 1.165) is 20.7 Å². The number of rotatable bonds is 3. The molecule has 3 rings (SSSR count). The van der Waals surface area contributed by atoms with Crippen LogP contribution in [0.25, 0.3) is 10.2 Å². The van der Waals surface area contributed by atoms with Crippen molar-refractivity contribution in [2.45, 2.75) is 11.8 Å². The SMILES string of the molecule is CSc1ccccc1C(=O)Nc1nc2c(C)cc(Cl)cc2s1. The van der Waals surface area contributed by atoms with Gasteiger partial charge in [-0.1, -0.05) is 35.1 Å². The Hall–Kier alpha value is -1.56. The van der Waals surface area contributed by atoms with Crippen LogP contribution in [0, 0.1) is 6.92 Å². The zero-order valence-electron chi connectivity index (χ0n) is 12.0. The monoisotopic (exact) mass is 348 g/mol. The molecule has 0 atom stereocenters. The summed E-state index contributed by atoms with van der Waals surface area (Å²) in [7, 11) is 0. The van der Waals surface area contributed by atoms with Gasteiger partial charge < -0.3 is 0 Å². The Morgan fingerprint density at radius 1 is 1.32 bits per heavy atom. The van der Waals surface area contributed by atoms with E-state index in [0.29, 0.717) is 15.7 Å². The fourth-order valence-electron chi connectivity index (χ4n) is 2.20. The van der Waals surface area contributed by atoms with E-state index in [4.69, 9.17) is 11.6 Å². The molecular weight excluding hydrogens is 336 g/mol. The lowest BCUT2D eigenvalue weighted by atomic mass is 10.2. The van der Waals surface area contributed by atoms with Crippen molar-refractivity contribution in [1.29, 1.82) is 0 Å². The van der Waals surface area contributed by atoms with E-state index in [1.807, 2.05) is 49.6 Å². The van der Waals surface area contributed by atoms with E-state index >= 15 is 0 Å². The Labute approximate surface area is 141 Å². The number of carbonyl (C=O) groups is 1. The smallest absolute Gasteiger partial charge is 0.258 e. The highest BCUT2D eigenvalue weighted by atomic mass is 35.5. The summed E-state index contributed by atoms with van der Waals surface area (Å²) in [5.74, 6) is -0.146. The minimum absolute atomic E-state index is 0.146. The lowest BCUT2D eigenvalue weighted by Crippen LogP contribution is -2.12. The van der Waals surface area contributed by atoms with Gasteiger partial charge in [0, 0.05) is 9.92 Å². The van der Waals surface area contributed by atoms with E-state index in [9.17, 15) is 4.79 Å². The first kappa shape index (κ1) is 15.3. The summed E-state index contributed by atoms with van der Waals surface area (Å²) < 4.78 is 0.971. The highest BCUT2D eigenvalue weighted by Crippen LogP contribution is 2.31. The molecule has 112 valence electrons. The van der Waals surface area contributed by atoms with Crippen LogP contribution >= 0.6 is 34.7 Å². The largest absolute Gasteiger partial charge is 0.298 e. The Bertz CT molecular complexity index is 860. The number of fused-ring (bicyclic) bond motifs is 1. The third-order valence-electron chi connectivity index (χ3n) is 3.22. The number of nitrogens with zero attached hydrogens (tertiary/aromatic N) is 1. The Morgan fingerprint density at radius 2 is 2.09 bits per heavy atom. The normalized spacial score (nSPS) is 10.9. The van der Waals surface area contributed by atoms with Crippen molar-refractivity contribution in [1.82, 2.24) is 4.98 Å². The zero-order chi connectivity index (χ0) is 15.7. The van der Waals surface area contributed by atoms with Crippen molar-refractivity contribution >= 4 is 56.0 Å². The first-order valence-corrected chi connectivity index (χ1v) is 9.01. The number of carbonyl (C=O) groups excluding carboxylic acids is 1. The average Bonchev–Trinajstić information content (AvgIpc) is 2.89. The maximum absolute atomic E-state index is 12.4. The third kappa shape index (κ3) is 2.97. The van der Waals surface area contributed by atoms with Crippen LogP contribution in [0.2, 0.25) is 5.02 Å². The number of benzene rings is 2. The summed E-state index contributed by atoms with van der Waals surface area (Å²) in [6.07, 6.45) is 1.95. The maximum atomic E-state index is 12.4. The molecule has 2 aromatic carbocycles. The summed E-state index contributed by atoms with van der Waals surface area (Å²) in [5, 5.41) is 4.15. The summed E-state index contributed by atoms with van der Waals surface area (Å²) in [6.45, 7) is 1.96. The number of amides is 1. The summed E-state index contributed by atoms with van der Waals surface area (Å²) in [6, 6.07) is 11.3. The third-order valence-corrected chi connectivity index (χ3v) is 5.15. The molecule has 6 heteroatoms. The molecule has 0 fully saturated rings. The van der Waals surface area contributed by atoms with Gasteiger partial charge in [0.05, 0.1) is 15.8 Å². The second kappa shape index (κ2) is 6.28. The van der Waals surface area contributed by atoms with Crippen LogP contribution in [0.3, 0.4) is 0 Å². The van der Waals surface area contributed by atoms with Gasteiger partial charge in [-0.05, 0) is 43.0 Å². The highest BCUT2D eigenvalue weighted by Gasteiger charge is 2.14. The topological polar surface area (TPSA) is 42.0 Å². The second-order valence-electron chi connectivity index (χ2n) is 4.74. The lowest BCUT2D eigenvalue weighted by Gasteiger charge is -2.05. The van der Waals surface area contributed by atoms with Crippen molar-refractivity contribution < 1.29 is 4.79 Å². The van der Waals surface area contributed by atoms with Gasteiger partial charge in [-0.25, -0.2) is 4.98 Å². The number of halogens is 1. The van der Waals surface area contributed by atoms with Gasteiger partial charge in [-0.2, -0.15) is 0 Å². The molecule has 1 amide bonds. The molecule has 0 saturated carbocycles. The fourth-order valence-corrected chi connectivity index (χ4v) is 4.12. The van der Waals surface area contributed by atoms with Crippen LogP contribution in [0.5, 0.6) is 0 Å². The Morgan fingerprint density at radius 3 is 2.86 bits per heavy atom.